The highest BCUT2D eigenvalue weighted by Crippen LogP contribution is 2.22. The maximum Gasteiger partial charge on any atom is 0.136 e. The van der Waals surface area contributed by atoms with E-state index in [-0.39, 0.29) is 0 Å². The minimum absolute atomic E-state index is 0.419. The average Bonchev–Trinajstić information content (AvgIpc) is 2.49. The van der Waals surface area contributed by atoms with Crippen LogP contribution in [0.15, 0.2) is 0 Å². The van der Waals surface area contributed by atoms with Crippen LogP contribution in [0.3, 0.4) is 0 Å². The maximum atomic E-state index is 5.77. The van der Waals surface area contributed by atoms with Crippen LogP contribution in [-0.4, -0.2) is 28.4 Å². The lowest BCUT2D eigenvalue weighted by Crippen LogP contribution is -2.25. The molecule has 4 nitrogen and oxygen atoms in total. The fraction of sp³-hybridized carbons (Fsp3) is 0.667. The predicted octanol–water partition coefficient (Wildman–Crippen LogP) is 1.85. The van der Waals surface area contributed by atoms with Gasteiger partial charge in [-0.25, -0.2) is 0 Å². The molecule has 0 saturated heterocycles. The Bertz CT molecular complexity index is 409. The summed E-state index contributed by atoms with van der Waals surface area (Å²) in [5.74, 6) is 1.69. The lowest BCUT2D eigenvalue weighted by Gasteiger charge is -2.21. The number of aromatic nitrogens is 2. The van der Waals surface area contributed by atoms with Crippen LogP contribution in [-0.2, 0) is 7.05 Å². The summed E-state index contributed by atoms with van der Waals surface area (Å²) in [6.45, 7) is 7.36. The van der Waals surface area contributed by atoms with Crippen molar-refractivity contribution >= 4 is 23.0 Å². The fourth-order valence-corrected chi connectivity index (χ4v) is 2.17. The molecule has 1 aromatic heterocycles. The molecule has 0 aliphatic rings. The van der Waals surface area contributed by atoms with E-state index in [2.05, 4.69) is 30.9 Å². The van der Waals surface area contributed by atoms with E-state index in [1.165, 1.54) is 0 Å². The van der Waals surface area contributed by atoms with Crippen molar-refractivity contribution in [2.75, 3.05) is 18.5 Å². The number of hydrogen-bond donors (Lipinski definition) is 1. The van der Waals surface area contributed by atoms with E-state index in [0.717, 1.165) is 30.0 Å². The third kappa shape index (κ3) is 3.19. The lowest BCUT2D eigenvalue weighted by molar-refractivity contribution is 0.578. The molecule has 5 heteroatoms. The first-order valence-electron chi connectivity index (χ1n) is 5.89. The van der Waals surface area contributed by atoms with Crippen LogP contribution < -0.4 is 10.6 Å². The molecule has 0 aliphatic carbocycles. The lowest BCUT2D eigenvalue weighted by atomic mass is 10.1. The summed E-state index contributed by atoms with van der Waals surface area (Å²) in [6, 6.07) is 0. The van der Waals surface area contributed by atoms with Crippen LogP contribution in [0.2, 0.25) is 0 Å². The fourth-order valence-electron chi connectivity index (χ4n) is 1.93. The molecule has 0 aromatic carbocycles. The van der Waals surface area contributed by atoms with Gasteiger partial charge in [0.25, 0.3) is 0 Å². The van der Waals surface area contributed by atoms with E-state index in [9.17, 15) is 0 Å². The van der Waals surface area contributed by atoms with Crippen molar-refractivity contribution < 1.29 is 0 Å². The molecule has 1 aromatic rings. The largest absolute Gasteiger partial charge is 0.389 e. The standard InChI is InChI=1S/C12H22N4S/c1-8(2)6-7-15(4)12-10(11(13)17)9(3)14-16(12)5/h8H,6-7H2,1-5H3,(H2,13,17). The van der Waals surface area contributed by atoms with Crippen LogP contribution in [0, 0.1) is 12.8 Å². The molecular weight excluding hydrogens is 232 g/mol. The van der Waals surface area contributed by atoms with Gasteiger partial charge >= 0.3 is 0 Å². The third-order valence-electron chi connectivity index (χ3n) is 2.84. The molecule has 0 aliphatic heterocycles. The summed E-state index contributed by atoms with van der Waals surface area (Å²) in [5.41, 5.74) is 7.57. The number of nitrogens with two attached hydrogens (primary N) is 1. The Morgan fingerprint density at radius 2 is 2.12 bits per heavy atom. The summed E-state index contributed by atoms with van der Waals surface area (Å²) in [4.78, 5) is 2.59. The highest BCUT2D eigenvalue weighted by molar-refractivity contribution is 7.80. The summed E-state index contributed by atoms with van der Waals surface area (Å²) in [7, 11) is 3.98. The minimum atomic E-state index is 0.419. The smallest absolute Gasteiger partial charge is 0.136 e. The molecule has 17 heavy (non-hydrogen) atoms. The molecule has 0 saturated carbocycles. The topological polar surface area (TPSA) is 47.1 Å². The first kappa shape index (κ1) is 14.0. The molecule has 0 bridgehead atoms. The van der Waals surface area contributed by atoms with E-state index in [0.29, 0.717) is 10.9 Å². The second-order valence-electron chi connectivity index (χ2n) is 4.88. The van der Waals surface area contributed by atoms with Gasteiger partial charge in [0.15, 0.2) is 0 Å². The normalized spacial score (nSPS) is 10.9. The first-order valence-corrected chi connectivity index (χ1v) is 6.30. The number of hydrogen-bond acceptors (Lipinski definition) is 3. The minimum Gasteiger partial charge on any atom is -0.389 e. The second kappa shape index (κ2) is 5.49. The molecule has 0 atom stereocenters. The number of anilines is 1. The zero-order valence-electron chi connectivity index (χ0n) is 11.3. The molecule has 1 heterocycles. The predicted molar refractivity (Wildman–Crippen MR) is 76.6 cm³/mol. The summed E-state index contributed by atoms with van der Waals surface area (Å²) in [5, 5.41) is 4.39. The highest BCUT2D eigenvalue weighted by atomic mass is 32.1. The molecule has 1 rings (SSSR count). The SMILES string of the molecule is Cc1nn(C)c(N(C)CCC(C)C)c1C(N)=S. The molecular formula is C12H22N4S. The van der Waals surface area contributed by atoms with Crippen molar-refractivity contribution in [1.82, 2.24) is 9.78 Å². The van der Waals surface area contributed by atoms with E-state index >= 15 is 0 Å². The van der Waals surface area contributed by atoms with Gasteiger partial charge in [-0.1, -0.05) is 26.1 Å². The zero-order valence-corrected chi connectivity index (χ0v) is 12.1. The van der Waals surface area contributed by atoms with Crippen LogP contribution in [0.1, 0.15) is 31.5 Å². The van der Waals surface area contributed by atoms with Gasteiger partial charge in [0, 0.05) is 20.6 Å². The first-order chi connectivity index (χ1) is 7.84. The molecule has 0 spiro atoms. The van der Waals surface area contributed by atoms with Gasteiger partial charge in [0.2, 0.25) is 0 Å². The Kier molecular flexibility index (Phi) is 4.51. The van der Waals surface area contributed by atoms with Crippen molar-refractivity contribution in [3.63, 3.8) is 0 Å². The van der Waals surface area contributed by atoms with Crippen LogP contribution in [0.5, 0.6) is 0 Å². The van der Waals surface area contributed by atoms with Gasteiger partial charge in [-0.3, -0.25) is 4.68 Å². The van der Waals surface area contributed by atoms with E-state index < -0.39 is 0 Å². The zero-order chi connectivity index (χ0) is 13.2. The molecule has 0 amide bonds. The Morgan fingerprint density at radius 1 is 1.53 bits per heavy atom. The van der Waals surface area contributed by atoms with Crippen molar-refractivity contribution in [3.8, 4) is 0 Å². The van der Waals surface area contributed by atoms with Crippen LogP contribution in [0.4, 0.5) is 5.82 Å². The summed E-state index contributed by atoms with van der Waals surface area (Å²) < 4.78 is 1.85. The van der Waals surface area contributed by atoms with E-state index in [1.807, 2.05) is 18.7 Å². The van der Waals surface area contributed by atoms with Gasteiger partial charge in [-0.2, -0.15) is 5.10 Å². The van der Waals surface area contributed by atoms with Crippen molar-refractivity contribution in [3.05, 3.63) is 11.3 Å². The van der Waals surface area contributed by atoms with E-state index in [4.69, 9.17) is 18.0 Å². The Balaban J connectivity index is 2.99. The Hall–Kier alpha value is -1.10. The number of thiocarbonyl (C=S) groups is 1. The monoisotopic (exact) mass is 254 g/mol. The number of nitrogens with zero attached hydrogens (tertiary/aromatic N) is 3. The molecule has 0 fully saturated rings. The van der Waals surface area contributed by atoms with Gasteiger partial charge in [0.1, 0.15) is 10.8 Å². The van der Waals surface area contributed by atoms with E-state index in [1.54, 1.807) is 0 Å². The quantitative estimate of drug-likeness (QED) is 0.815. The van der Waals surface area contributed by atoms with Gasteiger partial charge in [-0.05, 0) is 19.3 Å². The van der Waals surface area contributed by atoms with Gasteiger partial charge < -0.3 is 10.6 Å². The molecule has 96 valence electrons. The van der Waals surface area contributed by atoms with Gasteiger partial charge in [0.05, 0.1) is 11.3 Å². The number of rotatable bonds is 5. The maximum absolute atomic E-state index is 5.77. The molecule has 0 radical (unpaired) electrons. The second-order valence-corrected chi connectivity index (χ2v) is 5.32. The average molecular weight is 254 g/mol. The van der Waals surface area contributed by atoms with Gasteiger partial charge in [-0.15, -0.1) is 0 Å². The molecule has 0 unspecified atom stereocenters. The summed E-state index contributed by atoms with van der Waals surface area (Å²) in [6.07, 6.45) is 1.14. The highest BCUT2D eigenvalue weighted by Gasteiger charge is 2.18. The molecule has 2 N–H and O–H groups in total. The van der Waals surface area contributed by atoms with Crippen molar-refractivity contribution in [2.24, 2.45) is 18.7 Å². The van der Waals surface area contributed by atoms with Crippen LogP contribution >= 0.6 is 12.2 Å². The Morgan fingerprint density at radius 3 is 2.59 bits per heavy atom. The number of aryl methyl sites for hydroxylation is 2. The Labute approximate surface area is 109 Å². The third-order valence-corrected chi connectivity index (χ3v) is 3.05. The van der Waals surface area contributed by atoms with Crippen molar-refractivity contribution in [1.29, 1.82) is 0 Å². The van der Waals surface area contributed by atoms with Crippen molar-refractivity contribution in [2.45, 2.75) is 27.2 Å². The summed E-state index contributed by atoms with van der Waals surface area (Å²) >= 11 is 5.10. The van der Waals surface area contributed by atoms with Crippen LogP contribution in [0.25, 0.3) is 0 Å².